The van der Waals surface area contributed by atoms with E-state index >= 15 is 0 Å². The number of aryl methyl sites for hydroxylation is 3. The first-order valence-electron chi connectivity index (χ1n) is 8.37. The van der Waals surface area contributed by atoms with E-state index in [-0.39, 0.29) is 5.92 Å². The zero-order valence-electron chi connectivity index (χ0n) is 14.6. The monoisotopic (exact) mass is 347 g/mol. The van der Waals surface area contributed by atoms with Crippen LogP contribution in [0, 0.1) is 13.8 Å². The number of para-hydroxylation sites is 1. The van der Waals surface area contributed by atoms with Gasteiger partial charge in [0.15, 0.2) is 5.82 Å². The molecule has 0 aliphatic carbocycles. The largest absolute Gasteiger partial charge is 0.378 e. The van der Waals surface area contributed by atoms with Crippen LogP contribution in [0.4, 0.5) is 0 Å². The Morgan fingerprint density at radius 2 is 1.83 bits per heavy atom. The van der Waals surface area contributed by atoms with Gasteiger partial charge >= 0.3 is 0 Å². The lowest BCUT2D eigenvalue weighted by Gasteiger charge is -2.16. The molecular weight excluding hydrogens is 322 g/mol. The standard InChI is InChI=1S/C18H25N3O2S/c1-13-5-4-6-14(2)17(13)21-18(15-11-22-8-9-23-12-15)19-16(20-21)7-10-24-3/h4-6,15H,7-12H2,1-3H3. The van der Waals surface area contributed by atoms with Gasteiger partial charge in [0.25, 0.3) is 0 Å². The van der Waals surface area contributed by atoms with Gasteiger partial charge in [0.2, 0.25) is 0 Å². The molecule has 1 aromatic heterocycles. The van der Waals surface area contributed by atoms with Gasteiger partial charge in [-0.1, -0.05) is 18.2 Å². The summed E-state index contributed by atoms with van der Waals surface area (Å²) < 4.78 is 13.4. The number of aromatic nitrogens is 3. The second-order valence-corrected chi connectivity index (χ2v) is 7.11. The Bertz CT molecular complexity index is 659. The fourth-order valence-corrected chi connectivity index (χ4v) is 3.39. The van der Waals surface area contributed by atoms with Crippen LogP contribution in [-0.2, 0) is 15.9 Å². The summed E-state index contributed by atoms with van der Waals surface area (Å²) in [4.78, 5) is 4.85. The van der Waals surface area contributed by atoms with E-state index in [2.05, 4.69) is 38.3 Å². The molecule has 1 saturated heterocycles. The molecule has 5 nitrogen and oxygen atoms in total. The van der Waals surface area contributed by atoms with E-state index in [9.17, 15) is 0 Å². The topological polar surface area (TPSA) is 49.2 Å². The molecular formula is C18H25N3O2S. The van der Waals surface area contributed by atoms with Gasteiger partial charge in [-0.25, -0.2) is 9.67 Å². The van der Waals surface area contributed by atoms with Crippen molar-refractivity contribution in [1.82, 2.24) is 14.8 Å². The van der Waals surface area contributed by atoms with Crippen molar-refractivity contribution in [3.05, 3.63) is 41.0 Å². The van der Waals surface area contributed by atoms with Crippen LogP contribution < -0.4 is 0 Å². The number of nitrogens with zero attached hydrogens (tertiary/aromatic N) is 3. The molecule has 0 unspecified atom stereocenters. The highest BCUT2D eigenvalue weighted by molar-refractivity contribution is 7.98. The Kier molecular flexibility index (Phi) is 5.92. The van der Waals surface area contributed by atoms with E-state index in [0.717, 1.165) is 29.5 Å². The molecule has 0 amide bonds. The van der Waals surface area contributed by atoms with E-state index in [0.29, 0.717) is 26.4 Å². The lowest BCUT2D eigenvalue weighted by Crippen LogP contribution is -2.17. The number of ether oxygens (including phenoxy) is 2. The number of benzene rings is 1. The van der Waals surface area contributed by atoms with Gasteiger partial charge in [-0.15, -0.1) is 0 Å². The van der Waals surface area contributed by atoms with Crippen LogP contribution in [0.25, 0.3) is 5.69 Å². The van der Waals surface area contributed by atoms with Gasteiger partial charge in [-0.3, -0.25) is 0 Å². The zero-order chi connectivity index (χ0) is 16.9. The van der Waals surface area contributed by atoms with Crippen LogP contribution in [0.5, 0.6) is 0 Å². The quantitative estimate of drug-likeness (QED) is 0.832. The summed E-state index contributed by atoms with van der Waals surface area (Å²) in [6.07, 6.45) is 2.98. The lowest BCUT2D eigenvalue weighted by atomic mass is 10.1. The summed E-state index contributed by atoms with van der Waals surface area (Å²) in [5.74, 6) is 2.98. The van der Waals surface area contributed by atoms with Gasteiger partial charge in [-0.2, -0.15) is 16.9 Å². The Hall–Kier alpha value is -1.37. The first-order chi connectivity index (χ1) is 11.7. The SMILES string of the molecule is CSCCc1nc(C2COCCOC2)n(-c2c(C)cccc2C)n1. The molecule has 0 atom stereocenters. The van der Waals surface area contributed by atoms with Crippen molar-refractivity contribution in [3.8, 4) is 5.69 Å². The molecule has 24 heavy (non-hydrogen) atoms. The molecule has 6 heteroatoms. The van der Waals surface area contributed by atoms with E-state index in [1.54, 1.807) is 0 Å². The Morgan fingerprint density at radius 3 is 2.46 bits per heavy atom. The maximum atomic E-state index is 5.69. The number of hydrogen-bond donors (Lipinski definition) is 0. The molecule has 0 spiro atoms. The Morgan fingerprint density at radius 1 is 1.17 bits per heavy atom. The second-order valence-electron chi connectivity index (χ2n) is 6.13. The molecule has 0 saturated carbocycles. The van der Waals surface area contributed by atoms with Crippen LogP contribution in [0.2, 0.25) is 0 Å². The van der Waals surface area contributed by atoms with Crippen LogP contribution >= 0.6 is 11.8 Å². The van der Waals surface area contributed by atoms with Crippen LogP contribution in [0.1, 0.15) is 28.7 Å². The van der Waals surface area contributed by atoms with Crippen molar-refractivity contribution < 1.29 is 9.47 Å². The van der Waals surface area contributed by atoms with Gasteiger partial charge in [0.05, 0.1) is 38.0 Å². The normalized spacial score (nSPS) is 16.3. The van der Waals surface area contributed by atoms with Gasteiger partial charge < -0.3 is 9.47 Å². The van der Waals surface area contributed by atoms with Gasteiger partial charge in [0.1, 0.15) is 5.82 Å². The first kappa shape index (κ1) is 17.5. The molecule has 0 radical (unpaired) electrons. The fraction of sp³-hybridized carbons (Fsp3) is 0.556. The third kappa shape index (κ3) is 3.82. The van der Waals surface area contributed by atoms with Crippen molar-refractivity contribution in [1.29, 1.82) is 0 Å². The minimum atomic E-state index is 0.113. The van der Waals surface area contributed by atoms with Crippen molar-refractivity contribution in [2.45, 2.75) is 26.2 Å². The Balaban J connectivity index is 2.03. The number of rotatable bonds is 5. The Labute approximate surface area is 147 Å². The van der Waals surface area contributed by atoms with Crippen LogP contribution in [0.3, 0.4) is 0 Å². The maximum Gasteiger partial charge on any atom is 0.152 e. The summed E-state index contributed by atoms with van der Waals surface area (Å²) in [5.41, 5.74) is 3.53. The lowest BCUT2D eigenvalue weighted by molar-refractivity contribution is 0.103. The second kappa shape index (κ2) is 8.14. The smallest absolute Gasteiger partial charge is 0.152 e. The zero-order valence-corrected chi connectivity index (χ0v) is 15.4. The molecule has 0 bridgehead atoms. The highest BCUT2D eigenvalue weighted by Crippen LogP contribution is 2.25. The number of hydrogen-bond acceptors (Lipinski definition) is 5. The molecule has 2 heterocycles. The van der Waals surface area contributed by atoms with E-state index in [1.165, 1.54) is 11.1 Å². The maximum absolute atomic E-state index is 5.69. The molecule has 3 rings (SSSR count). The first-order valence-corrected chi connectivity index (χ1v) is 9.77. The van der Waals surface area contributed by atoms with E-state index in [1.807, 2.05) is 16.4 Å². The molecule has 2 aromatic rings. The average molecular weight is 347 g/mol. The predicted molar refractivity (Wildman–Crippen MR) is 97.3 cm³/mol. The van der Waals surface area contributed by atoms with Gasteiger partial charge in [-0.05, 0) is 31.2 Å². The van der Waals surface area contributed by atoms with E-state index < -0.39 is 0 Å². The third-order valence-corrected chi connectivity index (χ3v) is 4.84. The fourth-order valence-electron chi connectivity index (χ4n) is 3.00. The predicted octanol–water partition coefficient (Wildman–Crippen LogP) is 2.92. The summed E-state index contributed by atoms with van der Waals surface area (Å²) in [5, 5.41) is 4.83. The highest BCUT2D eigenvalue weighted by atomic mass is 32.2. The van der Waals surface area contributed by atoms with Crippen molar-refractivity contribution in [3.63, 3.8) is 0 Å². The molecule has 130 valence electrons. The summed E-state index contributed by atoms with van der Waals surface area (Å²) in [6, 6.07) is 6.32. The molecule has 0 N–H and O–H groups in total. The minimum Gasteiger partial charge on any atom is -0.378 e. The minimum absolute atomic E-state index is 0.113. The average Bonchev–Trinajstić information content (AvgIpc) is 2.79. The summed E-state index contributed by atoms with van der Waals surface area (Å²) >= 11 is 1.81. The third-order valence-electron chi connectivity index (χ3n) is 4.23. The molecule has 1 aromatic carbocycles. The van der Waals surface area contributed by atoms with Crippen molar-refractivity contribution in [2.75, 3.05) is 38.4 Å². The summed E-state index contributed by atoms with van der Waals surface area (Å²) in [6.45, 7) is 6.79. The number of thioether (sulfide) groups is 1. The molecule has 1 fully saturated rings. The van der Waals surface area contributed by atoms with E-state index in [4.69, 9.17) is 19.6 Å². The van der Waals surface area contributed by atoms with Crippen LogP contribution in [-0.4, -0.2) is 53.2 Å². The van der Waals surface area contributed by atoms with Crippen LogP contribution in [0.15, 0.2) is 18.2 Å². The van der Waals surface area contributed by atoms with Gasteiger partial charge in [0, 0.05) is 12.2 Å². The highest BCUT2D eigenvalue weighted by Gasteiger charge is 2.24. The van der Waals surface area contributed by atoms with Crippen molar-refractivity contribution in [2.24, 2.45) is 0 Å². The molecule has 1 aliphatic heterocycles. The molecule has 1 aliphatic rings. The summed E-state index contributed by atoms with van der Waals surface area (Å²) in [7, 11) is 0. The van der Waals surface area contributed by atoms with Crippen molar-refractivity contribution >= 4 is 11.8 Å².